The molecule has 0 fully saturated rings. The van der Waals surface area contributed by atoms with Crippen molar-refractivity contribution in [2.24, 2.45) is 11.5 Å². The van der Waals surface area contributed by atoms with Gasteiger partial charge in [0.2, 0.25) is 0 Å². The predicted octanol–water partition coefficient (Wildman–Crippen LogP) is 3.03. The molecule has 0 aromatic heterocycles. The van der Waals surface area contributed by atoms with Crippen LogP contribution in [0.15, 0.2) is 18.2 Å². The van der Waals surface area contributed by atoms with Gasteiger partial charge in [0.1, 0.15) is 0 Å². The molecule has 1 unspecified atom stereocenters. The summed E-state index contributed by atoms with van der Waals surface area (Å²) in [6.07, 6.45) is 0. The third-order valence-electron chi connectivity index (χ3n) is 3.27. The normalized spacial score (nSPS) is 14.8. The standard InChI is InChI=1S/C15H26N2/c1-10-9-11(14(2,3)4)7-8-12(10)13(16)15(5,6)17/h7-9,13H,16-17H2,1-6H3. The van der Waals surface area contributed by atoms with Gasteiger partial charge in [-0.25, -0.2) is 0 Å². The van der Waals surface area contributed by atoms with E-state index in [1.165, 1.54) is 11.1 Å². The van der Waals surface area contributed by atoms with Crippen LogP contribution < -0.4 is 11.5 Å². The fourth-order valence-electron chi connectivity index (χ4n) is 1.89. The van der Waals surface area contributed by atoms with Gasteiger partial charge in [-0.3, -0.25) is 0 Å². The van der Waals surface area contributed by atoms with E-state index >= 15 is 0 Å². The summed E-state index contributed by atoms with van der Waals surface area (Å²) in [4.78, 5) is 0. The van der Waals surface area contributed by atoms with E-state index < -0.39 is 5.54 Å². The molecule has 96 valence electrons. The molecule has 2 heteroatoms. The lowest BCUT2D eigenvalue weighted by molar-refractivity contribution is 0.419. The van der Waals surface area contributed by atoms with Gasteiger partial charge in [0, 0.05) is 11.6 Å². The number of aryl methyl sites for hydroxylation is 1. The Labute approximate surface area is 105 Å². The molecule has 0 saturated heterocycles. The van der Waals surface area contributed by atoms with E-state index in [0.717, 1.165) is 5.56 Å². The summed E-state index contributed by atoms with van der Waals surface area (Å²) >= 11 is 0. The van der Waals surface area contributed by atoms with Gasteiger partial charge in [-0.2, -0.15) is 0 Å². The molecule has 1 aromatic rings. The van der Waals surface area contributed by atoms with Crippen LogP contribution in [-0.2, 0) is 5.41 Å². The Bertz CT molecular complexity index is 394. The Balaban J connectivity index is 3.15. The third kappa shape index (κ3) is 3.30. The zero-order valence-electron chi connectivity index (χ0n) is 12.0. The summed E-state index contributed by atoms with van der Waals surface area (Å²) in [6.45, 7) is 12.7. The highest BCUT2D eigenvalue weighted by Crippen LogP contribution is 2.29. The summed E-state index contributed by atoms with van der Waals surface area (Å²) in [7, 11) is 0. The first kappa shape index (κ1) is 14.2. The van der Waals surface area contributed by atoms with Crippen molar-refractivity contribution in [3.63, 3.8) is 0 Å². The molecule has 0 radical (unpaired) electrons. The van der Waals surface area contributed by atoms with E-state index in [-0.39, 0.29) is 11.5 Å². The fraction of sp³-hybridized carbons (Fsp3) is 0.600. The van der Waals surface area contributed by atoms with Crippen LogP contribution in [0.1, 0.15) is 57.4 Å². The van der Waals surface area contributed by atoms with E-state index in [1.807, 2.05) is 13.8 Å². The van der Waals surface area contributed by atoms with E-state index in [4.69, 9.17) is 11.5 Å². The number of hydrogen-bond acceptors (Lipinski definition) is 2. The molecule has 0 spiro atoms. The maximum Gasteiger partial charge on any atom is 0.0475 e. The SMILES string of the molecule is Cc1cc(C(C)(C)C)ccc1C(N)C(C)(C)N. The topological polar surface area (TPSA) is 52.0 Å². The van der Waals surface area contributed by atoms with Crippen molar-refractivity contribution in [1.82, 2.24) is 0 Å². The molecule has 17 heavy (non-hydrogen) atoms. The maximum absolute atomic E-state index is 6.21. The Hall–Kier alpha value is -0.860. The van der Waals surface area contributed by atoms with Crippen LogP contribution >= 0.6 is 0 Å². The molecule has 1 aromatic carbocycles. The van der Waals surface area contributed by atoms with Crippen LogP contribution in [0.2, 0.25) is 0 Å². The monoisotopic (exact) mass is 234 g/mol. The number of rotatable bonds is 2. The molecule has 2 nitrogen and oxygen atoms in total. The number of nitrogens with two attached hydrogens (primary N) is 2. The zero-order valence-corrected chi connectivity index (χ0v) is 12.0. The van der Waals surface area contributed by atoms with E-state index in [1.54, 1.807) is 0 Å². The zero-order chi connectivity index (χ0) is 13.4. The third-order valence-corrected chi connectivity index (χ3v) is 3.27. The lowest BCUT2D eigenvalue weighted by atomic mass is 9.82. The van der Waals surface area contributed by atoms with E-state index in [2.05, 4.69) is 45.9 Å². The molecule has 1 rings (SSSR count). The summed E-state index contributed by atoms with van der Waals surface area (Å²) < 4.78 is 0. The van der Waals surface area contributed by atoms with Gasteiger partial charge in [0.25, 0.3) is 0 Å². The fourth-order valence-corrected chi connectivity index (χ4v) is 1.89. The summed E-state index contributed by atoms with van der Waals surface area (Å²) in [5.74, 6) is 0. The van der Waals surface area contributed by atoms with Crippen molar-refractivity contribution in [2.75, 3.05) is 0 Å². The highest BCUT2D eigenvalue weighted by atomic mass is 14.8. The molecule has 0 aliphatic heterocycles. The van der Waals surface area contributed by atoms with Gasteiger partial charge in [0.15, 0.2) is 0 Å². The molecular formula is C15H26N2. The smallest absolute Gasteiger partial charge is 0.0475 e. The second-order valence-electron chi connectivity index (χ2n) is 6.62. The number of hydrogen-bond donors (Lipinski definition) is 2. The Morgan fingerprint density at radius 3 is 1.94 bits per heavy atom. The summed E-state index contributed by atoms with van der Waals surface area (Å²) in [6, 6.07) is 6.38. The average molecular weight is 234 g/mol. The highest BCUT2D eigenvalue weighted by molar-refractivity contribution is 5.37. The van der Waals surface area contributed by atoms with Crippen LogP contribution in [0.25, 0.3) is 0 Å². The minimum Gasteiger partial charge on any atom is -0.324 e. The first-order chi connectivity index (χ1) is 7.53. The maximum atomic E-state index is 6.21. The lowest BCUT2D eigenvalue weighted by Crippen LogP contribution is -2.44. The molecule has 0 aliphatic carbocycles. The molecular weight excluding hydrogens is 208 g/mol. The van der Waals surface area contributed by atoms with Crippen LogP contribution in [0.5, 0.6) is 0 Å². The lowest BCUT2D eigenvalue weighted by Gasteiger charge is -2.29. The van der Waals surface area contributed by atoms with Crippen molar-refractivity contribution < 1.29 is 0 Å². The van der Waals surface area contributed by atoms with Gasteiger partial charge < -0.3 is 11.5 Å². The average Bonchev–Trinajstić information content (AvgIpc) is 2.13. The Kier molecular flexibility index (Phi) is 3.70. The van der Waals surface area contributed by atoms with Gasteiger partial charge in [-0.1, -0.05) is 39.0 Å². The van der Waals surface area contributed by atoms with Crippen molar-refractivity contribution >= 4 is 0 Å². The minimum atomic E-state index is -0.395. The van der Waals surface area contributed by atoms with Crippen molar-refractivity contribution in [3.05, 3.63) is 34.9 Å². The van der Waals surface area contributed by atoms with E-state index in [9.17, 15) is 0 Å². The van der Waals surface area contributed by atoms with Crippen LogP contribution in [0.3, 0.4) is 0 Å². The van der Waals surface area contributed by atoms with Crippen molar-refractivity contribution in [2.45, 2.75) is 58.5 Å². The molecule has 0 amide bonds. The number of benzene rings is 1. The second kappa shape index (κ2) is 4.43. The minimum absolute atomic E-state index is 0.128. The molecule has 0 bridgehead atoms. The second-order valence-corrected chi connectivity index (χ2v) is 6.62. The predicted molar refractivity (Wildman–Crippen MR) is 75.1 cm³/mol. The van der Waals surface area contributed by atoms with Crippen molar-refractivity contribution in [3.8, 4) is 0 Å². The van der Waals surface area contributed by atoms with E-state index in [0.29, 0.717) is 0 Å². The molecule has 0 aliphatic rings. The molecule has 1 atom stereocenters. The first-order valence-corrected chi connectivity index (χ1v) is 6.19. The van der Waals surface area contributed by atoms with Gasteiger partial charge >= 0.3 is 0 Å². The van der Waals surface area contributed by atoms with Gasteiger partial charge in [-0.05, 0) is 42.9 Å². The van der Waals surface area contributed by atoms with Crippen molar-refractivity contribution in [1.29, 1.82) is 0 Å². The van der Waals surface area contributed by atoms with Crippen LogP contribution in [0.4, 0.5) is 0 Å². The van der Waals surface area contributed by atoms with Crippen LogP contribution in [0, 0.1) is 6.92 Å². The summed E-state index contributed by atoms with van der Waals surface area (Å²) in [5, 5.41) is 0. The largest absolute Gasteiger partial charge is 0.324 e. The Morgan fingerprint density at radius 2 is 1.59 bits per heavy atom. The molecule has 0 heterocycles. The van der Waals surface area contributed by atoms with Crippen LogP contribution in [-0.4, -0.2) is 5.54 Å². The molecule has 0 saturated carbocycles. The van der Waals surface area contributed by atoms with Gasteiger partial charge in [0.05, 0.1) is 0 Å². The summed E-state index contributed by atoms with van der Waals surface area (Å²) in [5.41, 5.74) is 15.8. The molecule has 4 N–H and O–H groups in total. The van der Waals surface area contributed by atoms with Gasteiger partial charge in [-0.15, -0.1) is 0 Å². The Morgan fingerprint density at radius 1 is 1.06 bits per heavy atom. The first-order valence-electron chi connectivity index (χ1n) is 6.19. The highest BCUT2D eigenvalue weighted by Gasteiger charge is 2.25. The quantitative estimate of drug-likeness (QED) is 0.826.